The first-order chi connectivity index (χ1) is 7.87. The lowest BCUT2D eigenvalue weighted by Crippen LogP contribution is -2.39. The van der Waals surface area contributed by atoms with Gasteiger partial charge in [0.2, 0.25) is 0 Å². The second-order valence-corrected chi connectivity index (χ2v) is 6.18. The highest BCUT2D eigenvalue weighted by molar-refractivity contribution is 4.66. The molecule has 0 aliphatic carbocycles. The van der Waals surface area contributed by atoms with E-state index in [4.69, 9.17) is 4.74 Å². The van der Waals surface area contributed by atoms with Gasteiger partial charge in [-0.1, -0.05) is 20.8 Å². The van der Waals surface area contributed by atoms with Crippen LogP contribution in [0.1, 0.15) is 41.0 Å². The molecule has 0 spiro atoms. The number of hydrogen-bond acceptors (Lipinski definition) is 3. The van der Waals surface area contributed by atoms with Gasteiger partial charge in [0.15, 0.2) is 0 Å². The molecule has 0 heterocycles. The van der Waals surface area contributed by atoms with Crippen LogP contribution < -0.4 is 5.32 Å². The second kappa shape index (κ2) is 8.90. The van der Waals surface area contributed by atoms with E-state index in [1.54, 1.807) is 7.11 Å². The Bertz CT molecular complexity index is 176. The summed E-state index contributed by atoms with van der Waals surface area (Å²) in [5.41, 5.74) is 0.431. The molecule has 0 aliphatic rings. The molecule has 17 heavy (non-hydrogen) atoms. The van der Waals surface area contributed by atoms with E-state index in [-0.39, 0.29) is 0 Å². The van der Waals surface area contributed by atoms with Crippen LogP contribution in [0.5, 0.6) is 0 Å². The van der Waals surface area contributed by atoms with Crippen LogP contribution in [-0.2, 0) is 4.74 Å². The Morgan fingerprint density at radius 3 is 2.24 bits per heavy atom. The van der Waals surface area contributed by atoms with Gasteiger partial charge in [0.1, 0.15) is 0 Å². The van der Waals surface area contributed by atoms with Crippen molar-refractivity contribution >= 4 is 0 Å². The van der Waals surface area contributed by atoms with E-state index in [1.165, 1.54) is 6.42 Å². The lowest BCUT2D eigenvalue weighted by atomic mass is 9.92. The molecular weight excluding hydrogens is 212 g/mol. The summed E-state index contributed by atoms with van der Waals surface area (Å²) in [6.07, 6.45) is 1.23. The maximum atomic E-state index is 5.13. The molecule has 1 N–H and O–H groups in total. The number of methoxy groups -OCH3 is 1. The van der Waals surface area contributed by atoms with Crippen LogP contribution in [0.15, 0.2) is 0 Å². The molecule has 0 aliphatic heterocycles. The number of nitrogens with zero attached hydrogens (tertiary/aromatic N) is 1. The molecule has 104 valence electrons. The van der Waals surface area contributed by atoms with Crippen LogP contribution in [0, 0.1) is 5.41 Å². The molecule has 3 heteroatoms. The smallest absolute Gasteiger partial charge is 0.0589 e. The van der Waals surface area contributed by atoms with E-state index in [9.17, 15) is 0 Å². The van der Waals surface area contributed by atoms with Gasteiger partial charge in [-0.05, 0) is 32.2 Å². The molecule has 0 aromatic carbocycles. The van der Waals surface area contributed by atoms with Crippen molar-refractivity contribution in [3.8, 4) is 0 Å². The fraction of sp³-hybridized carbons (Fsp3) is 1.00. The molecule has 0 unspecified atom stereocenters. The molecule has 0 fully saturated rings. The van der Waals surface area contributed by atoms with Gasteiger partial charge in [0.25, 0.3) is 0 Å². The van der Waals surface area contributed by atoms with Gasteiger partial charge in [0.05, 0.1) is 6.61 Å². The first kappa shape index (κ1) is 16.9. The van der Waals surface area contributed by atoms with E-state index in [1.807, 2.05) is 0 Å². The highest BCUT2D eigenvalue weighted by Gasteiger charge is 2.10. The summed E-state index contributed by atoms with van der Waals surface area (Å²) < 4.78 is 5.13. The van der Waals surface area contributed by atoms with Crippen molar-refractivity contribution in [3.05, 3.63) is 0 Å². The Morgan fingerprint density at radius 1 is 1.12 bits per heavy atom. The van der Waals surface area contributed by atoms with Crippen LogP contribution in [0.25, 0.3) is 0 Å². The lowest BCUT2D eigenvalue weighted by molar-refractivity contribution is 0.130. The number of rotatable bonds is 9. The molecule has 0 aromatic rings. The first-order valence-corrected chi connectivity index (χ1v) is 6.80. The van der Waals surface area contributed by atoms with Gasteiger partial charge >= 0.3 is 0 Å². The zero-order chi connectivity index (χ0) is 13.3. The van der Waals surface area contributed by atoms with Crippen molar-refractivity contribution in [2.75, 3.05) is 39.9 Å². The largest absolute Gasteiger partial charge is 0.383 e. The van der Waals surface area contributed by atoms with Crippen molar-refractivity contribution < 1.29 is 4.74 Å². The first-order valence-electron chi connectivity index (χ1n) is 6.80. The molecule has 0 bridgehead atoms. The van der Waals surface area contributed by atoms with Crippen LogP contribution >= 0.6 is 0 Å². The standard InChI is InChI=1S/C14H32N2O/c1-13(2)16(11-12-17-6)10-9-15-8-7-14(3,4)5/h13,15H,7-12H2,1-6H3. The van der Waals surface area contributed by atoms with Crippen LogP contribution in [-0.4, -0.2) is 50.8 Å². The Kier molecular flexibility index (Phi) is 8.83. The van der Waals surface area contributed by atoms with Crippen molar-refractivity contribution in [1.29, 1.82) is 0 Å². The maximum Gasteiger partial charge on any atom is 0.0589 e. The van der Waals surface area contributed by atoms with Crippen molar-refractivity contribution in [2.45, 2.75) is 47.1 Å². The summed E-state index contributed by atoms with van der Waals surface area (Å²) in [4.78, 5) is 2.45. The SMILES string of the molecule is COCCN(CCNCCC(C)(C)C)C(C)C. The van der Waals surface area contributed by atoms with Crippen LogP contribution in [0.3, 0.4) is 0 Å². The molecular formula is C14H32N2O. The third-order valence-corrected chi connectivity index (χ3v) is 2.94. The minimum absolute atomic E-state index is 0.431. The topological polar surface area (TPSA) is 24.5 Å². The van der Waals surface area contributed by atoms with E-state index >= 15 is 0 Å². The Labute approximate surface area is 108 Å². The fourth-order valence-corrected chi connectivity index (χ4v) is 1.65. The summed E-state index contributed by atoms with van der Waals surface area (Å²) in [7, 11) is 1.76. The Morgan fingerprint density at radius 2 is 1.76 bits per heavy atom. The normalized spacial score (nSPS) is 12.7. The highest BCUT2D eigenvalue weighted by atomic mass is 16.5. The molecule has 0 rings (SSSR count). The van der Waals surface area contributed by atoms with Gasteiger partial charge in [-0.25, -0.2) is 0 Å². The van der Waals surface area contributed by atoms with E-state index in [0.717, 1.165) is 32.8 Å². The van der Waals surface area contributed by atoms with Gasteiger partial charge in [-0.2, -0.15) is 0 Å². The van der Waals surface area contributed by atoms with E-state index < -0.39 is 0 Å². The third-order valence-electron chi connectivity index (χ3n) is 2.94. The summed E-state index contributed by atoms with van der Waals surface area (Å²) in [5, 5.41) is 3.52. The van der Waals surface area contributed by atoms with Gasteiger partial charge in [-0.15, -0.1) is 0 Å². The van der Waals surface area contributed by atoms with E-state index in [2.05, 4.69) is 44.8 Å². The van der Waals surface area contributed by atoms with Crippen LogP contribution in [0.4, 0.5) is 0 Å². The summed E-state index contributed by atoms with van der Waals surface area (Å²) in [5.74, 6) is 0. The molecule has 3 nitrogen and oxygen atoms in total. The maximum absolute atomic E-state index is 5.13. The van der Waals surface area contributed by atoms with E-state index in [0.29, 0.717) is 11.5 Å². The summed E-state index contributed by atoms with van der Waals surface area (Å²) in [6.45, 7) is 16.5. The minimum Gasteiger partial charge on any atom is -0.383 e. The predicted molar refractivity (Wildman–Crippen MR) is 75.5 cm³/mol. The third kappa shape index (κ3) is 10.7. The average molecular weight is 244 g/mol. The summed E-state index contributed by atoms with van der Waals surface area (Å²) in [6, 6.07) is 0.592. The molecule has 0 amide bonds. The van der Waals surface area contributed by atoms with Gasteiger partial charge in [-0.3, -0.25) is 4.90 Å². The average Bonchev–Trinajstić information content (AvgIpc) is 2.20. The lowest BCUT2D eigenvalue weighted by Gasteiger charge is -2.26. The highest BCUT2D eigenvalue weighted by Crippen LogP contribution is 2.16. The fourth-order valence-electron chi connectivity index (χ4n) is 1.65. The molecule has 0 aromatic heterocycles. The van der Waals surface area contributed by atoms with Gasteiger partial charge < -0.3 is 10.1 Å². The quantitative estimate of drug-likeness (QED) is 0.630. The monoisotopic (exact) mass is 244 g/mol. The molecule has 0 saturated carbocycles. The van der Waals surface area contributed by atoms with Crippen molar-refractivity contribution in [2.24, 2.45) is 5.41 Å². The second-order valence-electron chi connectivity index (χ2n) is 6.18. The molecule has 0 saturated heterocycles. The Balaban J connectivity index is 3.61. The molecule has 0 radical (unpaired) electrons. The Hall–Kier alpha value is -0.120. The minimum atomic E-state index is 0.431. The van der Waals surface area contributed by atoms with Crippen molar-refractivity contribution in [1.82, 2.24) is 10.2 Å². The number of ether oxygens (including phenoxy) is 1. The summed E-state index contributed by atoms with van der Waals surface area (Å²) >= 11 is 0. The predicted octanol–water partition coefficient (Wildman–Crippen LogP) is 2.37. The molecule has 0 atom stereocenters. The number of nitrogens with one attached hydrogen (secondary N) is 1. The van der Waals surface area contributed by atoms with Gasteiger partial charge in [0, 0.05) is 32.8 Å². The van der Waals surface area contributed by atoms with Crippen LogP contribution in [0.2, 0.25) is 0 Å². The zero-order valence-corrected chi connectivity index (χ0v) is 12.7. The van der Waals surface area contributed by atoms with Crippen molar-refractivity contribution in [3.63, 3.8) is 0 Å². The number of hydrogen-bond donors (Lipinski definition) is 1. The zero-order valence-electron chi connectivity index (χ0n) is 12.7.